The molecule has 1 saturated heterocycles. The normalized spacial score (nSPS) is 24.9. The first-order valence-corrected chi connectivity index (χ1v) is 6.58. The van der Waals surface area contributed by atoms with Crippen molar-refractivity contribution in [2.75, 3.05) is 6.54 Å². The van der Waals surface area contributed by atoms with Crippen LogP contribution in [0.25, 0.3) is 0 Å². The van der Waals surface area contributed by atoms with E-state index in [-0.39, 0.29) is 23.8 Å². The number of fused-ring (bicyclic) bond motifs is 1. The van der Waals surface area contributed by atoms with Crippen LogP contribution in [0.1, 0.15) is 18.0 Å². The molecule has 2 atom stereocenters. The van der Waals surface area contributed by atoms with E-state index in [0.29, 0.717) is 13.0 Å². The fourth-order valence-electron chi connectivity index (χ4n) is 2.64. The Balaban J connectivity index is 1.77. The Bertz CT molecular complexity index is 555. The minimum atomic E-state index is -0.252. The molecule has 5 heteroatoms. The second kappa shape index (κ2) is 5.09. The highest BCUT2D eigenvalue weighted by molar-refractivity contribution is 5.84. The van der Waals surface area contributed by atoms with Gasteiger partial charge in [-0.15, -0.1) is 6.58 Å². The molecule has 2 heterocycles. The van der Waals surface area contributed by atoms with Crippen molar-refractivity contribution >= 4 is 5.91 Å². The lowest BCUT2D eigenvalue weighted by Crippen LogP contribution is -2.47. The molecule has 1 aromatic carbocycles. The quantitative estimate of drug-likeness (QED) is 0.855. The Labute approximate surface area is 117 Å². The molecule has 0 bridgehead atoms. The predicted octanol–water partition coefficient (Wildman–Crippen LogP) is 1.95. The molecular weight excluding hydrogens is 257 g/mol. The average molecular weight is 273 g/mol. The second-order valence-corrected chi connectivity index (χ2v) is 4.97. The van der Waals surface area contributed by atoms with E-state index in [2.05, 4.69) is 12.0 Å². The van der Waals surface area contributed by atoms with Gasteiger partial charge in [0.2, 0.25) is 0 Å². The van der Waals surface area contributed by atoms with Crippen molar-refractivity contribution in [2.45, 2.75) is 18.5 Å². The zero-order chi connectivity index (χ0) is 14.1. The number of nitrogens with one attached hydrogen (secondary N) is 1. The van der Waals surface area contributed by atoms with Gasteiger partial charge in [0.25, 0.3) is 5.91 Å². The number of hydrogen-bond donors (Lipinski definition) is 1. The molecular formula is C15H16FN3O. The van der Waals surface area contributed by atoms with Crippen molar-refractivity contribution in [3.05, 3.63) is 60.7 Å². The Morgan fingerprint density at radius 3 is 2.80 bits per heavy atom. The van der Waals surface area contributed by atoms with Gasteiger partial charge in [0.15, 0.2) is 0 Å². The number of benzene rings is 1. The summed E-state index contributed by atoms with van der Waals surface area (Å²) in [6.45, 7) is 4.17. The zero-order valence-corrected chi connectivity index (χ0v) is 11.0. The lowest BCUT2D eigenvalue weighted by Gasteiger charge is -2.31. The first kappa shape index (κ1) is 12.9. The van der Waals surface area contributed by atoms with Crippen molar-refractivity contribution in [1.29, 1.82) is 0 Å². The fraction of sp³-hybridized carbons (Fsp3) is 0.267. The first-order valence-electron chi connectivity index (χ1n) is 6.58. The molecule has 2 aliphatic heterocycles. The average Bonchev–Trinajstić information content (AvgIpc) is 2.88. The van der Waals surface area contributed by atoms with Crippen LogP contribution >= 0.6 is 0 Å². The standard InChI is InChI=1S/C15H16FN3O/c1-2-7-18-8-9-19-14(15(18)20)10-13(17-19)11-3-5-12(16)6-4-11/h2-6,8-9,13-14,17H,1,7,10H2. The molecule has 1 fully saturated rings. The van der Waals surface area contributed by atoms with Crippen LogP contribution in [-0.2, 0) is 4.79 Å². The van der Waals surface area contributed by atoms with Gasteiger partial charge in [-0.3, -0.25) is 4.79 Å². The van der Waals surface area contributed by atoms with Crippen molar-refractivity contribution in [3.8, 4) is 0 Å². The van der Waals surface area contributed by atoms with Gasteiger partial charge in [-0.05, 0) is 24.1 Å². The molecule has 20 heavy (non-hydrogen) atoms. The van der Waals surface area contributed by atoms with Crippen LogP contribution in [0.15, 0.2) is 49.3 Å². The summed E-state index contributed by atoms with van der Waals surface area (Å²) >= 11 is 0. The highest BCUT2D eigenvalue weighted by Gasteiger charge is 2.39. The van der Waals surface area contributed by atoms with Gasteiger partial charge in [0, 0.05) is 18.9 Å². The van der Waals surface area contributed by atoms with E-state index in [1.165, 1.54) is 12.1 Å². The number of nitrogens with zero attached hydrogens (tertiary/aromatic N) is 2. The van der Waals surface area contributed by atoms with Crippen molar-refractivity contribution in [1.82, 2.24) is 15.3 Å². The van der Waals surface area contributed by atoms with Crippen molar-refractivity contribution < 1.29 is 9.18 Å². The summed E-state index contributed by atoms with van der Waals surface area (Å²) in [4.78, 5) is 14.0. The largest absolute Gasteiger partial charge is 0.312 e. The molecule has 0 aliphatic carbocycles. The maximum absolute atomic E-state index is 13.0. The van der Waals surface area contributed by atoms with Crippen LogP contribution in [0.3, 0.4) is 0 Å². The Kier molecular flexibility index (Phi) is 3.28. The Hall–Kier alpha value is -2.14. The van der Waals surface area contributed by atoms with Crippen LogP contribution in [0.2, 0.25) is 0 Å². The number of amides is 1. The van der Waals surface area contributed by atoms with Gasteiger partial charge in [0.05, 0.1) is 6.04 Å². The van der Waals surface area contributed by atoms with Crippen LogP contribution in [0.5, 0.6) is 0 Å². The third-order valence-corrected chi connectivity index (χ3v) is 3.67. The van der Waals surface area contributed by atoms with Crippen LogP contribution in [0.4, 0.5) is 4.39 Å². The molecule has 0 spiro atoms. The maximum atomic E-state index is 13.0. The number of halogens is 1. The Morgan fingerprint density at radius 1 is 1.35 bits per heavy atom. The molecule has 1 N–H and O–H groups in total. The van der Waals surface area contributed by atoms with Gasteiger partial charge >= 0.3 is 0 Å². The lowest BCUT2D eigenvalue weighted by molar-refractivity contribution is -0.133. The summed E-state index contributed by atoms with van der Waals surface area (Å²) in [6, 6.07) is 6.20. The van der Waals surface area contributed by atoms with E-state index in [9.17, 15) is 9.18 Å². The molecule has 3 rings (SSSR count). The number of hydrogen-bond acceptors (Lipinski definition) is 3. The van der Waals surface area contributed by atoms with E-state index in [1.807, 2.05) is 11.2 Å². The minimum Gasteiger partial charge on any atom is -0.312 e. The summed E-state index contributed by atoms with van der Waals surface area (Å²) < 4.78 is 13.0. The van der Waals surface area contributed by atoms with Gasteiger partial charge in [0.1, 0.15) is 11.9 Å². The fourth-order valence-corrected chi connectivity index (χ4v) is 2.64. The Morgan fingerprint density at radius 2 is 2.10 bits per heavy atom. The van der Waals surface area contributed by atoms with Crippen LogP contribution < -0.4 is 5.43 Å². The predicted molar refractivity (Wildman–Crippen MR) is 73.6 cm³/mol. The second-order valence-electron chi connectivity index (χ2n) is 4.97. The van der Waals surface area contributed by atoms with Gasteiger partial charge in [-0.25, -0.2) is 9.82 Å². The number of carbonyl (C=O) groups excluding carboxylic acids is 1. The number of rotatable bonds is 3. The molecule has 0 radical (unpaired) electrons. The third kappa shape index (κ3) is 2.20. The first-order chi connectivity index (χ1) is 9.69. The summed E-state index contributed by atoms with van der Waals surface area (Å²) in [7, 11) is 0. The van der Waals surface area contributed by atoms with Gasteiger partial charge in [-0.1, -0.05) is 18.2 Å². The summed E-state index contributed by atoms with van der Waals surface area (Å²) in [5.41, 5.74) is 4.26. The molecule has 1 amide bonds. The smallest absolute Gasteiger partial charge is 0.251 e. The molecule has 2 aliphatic rings. The highest BCUT2D eigenvalue weighted by atomic mass is 19.1. The van der Waals surface area contributed by atoms with Gasteiger partial charge in [-0.2, -0.15) is 0 Å². The van der Waals surface area contributed by atoms with Crippen LogP contribution in [0, 0.1) is 5.82 Å². The summed E-state index contributed by atoms with van der Waals surface area (Å²) in [6.07, 6.45) is 5.99. The highest BCUT2D eigenvalue weighted by Crippen LogP contribution is 2.30. The van der Waals surface area contributed by atoms with Crippen LogP contribution in [-0.4, -0.2) is 28.4 Å². The van der Waals surface area contributed by atoms with E-state index in [1.54, 1.807) is 29.3 Å². The zero-order valence-electron chi connectivity index (χ0n) is 11.0. The van der Waals surface area contributed by atoms with E-state index in [4.69, 9.17) is 0 Å². The molecule has 2 unspecified atom stereocenters. The summed E-state index contributed by atoms with van der Waals surface area (Å²) in [5, 5.41) is 1.83. The van der Waals surface area contributed by atoms with E-state index < -0.39 is 0 Å². The SMILES string of the molecule is C=CCN1C=CN2NC(c3ccc(F)cc3)CC2C1=O. The molecule has 0 aromatic heterocycles. The maximum Gasteiger partial charge on any atom is 0.251 e. The molecule has 0 saturated carbocycles. The van der Waals surface area contributed by atoms with E-state index in [0.717, 1.165) is 5.56 Å². The monoisotopic (exact) mass is 273 g/mol. The van der Waals surface area contributed by atoms with Crippen molar-refractivity contribution in [3.63, 3.8) is 0 Å². The van der Waals surface area contributed by atoms with Gasteiger partial charge < -0.3 is 9.91 Å². The number of hydrazine groups is 1. The third-order valence-electron chi connectivity index (χ3n) is 3.67. The molecule has 104 valence electrons. The minimum absolute atomic E-state index is 0.0258. The van der Waals surface area contributed by atoms with E-state index >= 15 is 0 Å². The molecule has 4 nitrogen and oxygen atoms in total. The lowest BCUT2D eigenvalue weighted by atomic mass is 10.0. The summed E-state index contributed by atoms with van der Waals surface area (Å²) in [5.74, 6) is -0.192. The topological polar surface area (TPSA) is 35.6 Å². The number of carbonyl (C=O) groups is 1. The molecule has 1 aromatic rings. The van der Waals surface area contributed by atoms with Crippen molar-refractivity contribution in [2.24, 2.45) is 0 Å².